The van der Waals surface area contributed by atoms with Crippen molar-refractivity contribution in [2.75, 3.05) is 0 Å². The van der Waals surface area contributed by atoms with E-state index >= 15 is 0 Å². The van der Waals surface area contributed by atoms with E-state index in [1.165, 1.54) is 18.3 Å². The van der Waals surface area contributed by atoms with Gasteiger partial charge in [-0.05, 0) is 28.9 Å². The summed E-state index contributed by atoms with van der Waals surface area (Å²) >= 11 is 4.59. The fourth-order valence-corrected chi connectivity index (χ4v) is 2.14. The summed E-state index contributed by atoms with van der Waals surface area (Å²) in [5, 5.41) is 1.83. The third-order valence-electron chi connectivity index (χ3n) is 1.25. The zero-order chi connectivity index (χ0) is 9.14. The van der Waals surface area contributed by atoms with Crippen molar-refractivity contribution in [2.45, 2.75) is 13.3 Å². The van der Waals surface area contributed by atoms with Crippen molar-refractivity contribution in [2.24, 2.45) is 0 Å². The Balaban J connectivity index is 2.72. The highest BCUT2D eigenvalue weighted by Crippen LogP contribution is 2.20. The average Bonchev–Trinajstić information content (AvgIpc) is 2.34. The first-order valence-corrected chi connectivity index (χ1v) is 5.03. The molecule has 0 bridgehead atoms. The van der Waals surface area contributed by atoms with E-state index in [-0.39, 0.29) is 18.0 Å². The van der Waals surface area contributed by atoms with Crippen molar-refractivity contribution in [1.82, 2.24) is 0 Å². The van der Waals surface area contributed by atoms with Crippen molar-refractivity contribution in [1.29, 1.82) is 0 Å². The first kappa shape index (κ1) is 9.61. The van der Waals surface area contributed by atoms with Crippen LogP contribution >= 0.6 is 27.3 Å². The number of carbonyl (C=O) groups excluding carboxylic acids is 2. The van der Waals surface area contributed by atoms with Crippen LogP contribution in [0.3, 0.4) is 0 Å². The molecule has 0 amide bonds. The lowest BCUT2D eigenvalue weighted by Gasteiger charge is -1.90. The van der Waals surface area contributed by atoms with Gasteiger partial charge < -0.3 is 0 Å². The second-order valence-corrected chi connectivity index (χ2v) is 4.26. The fraction of sp³-hybridized carbons (Fsp3) is 0.250. The van der Waals surface area contributed by atoms with Crippen molar-refractivity contribution >= 4 is 38.8 Å². The number of thiophene rings is 1. The van der Waals surface area contributed by atoms with E-state index in [1.54, 1.807) is 6.07 Å². The summed E-state index contributed by atoms with van der Waals surface area (Å²) in [7, 11) is 0. The second-order valence-electron chi connectivity index (χ2n) is 2.43. The summed E-state index contributed by atoms with van der Waals surface area (Å²) in [5.74, 6) is -0.192. The second kappa shape index (κ2) is 3.96. The smallest absolute Gasteiger partial charge is 0.180 e. The third-order valence-corrected chi connectivity index (χ3v) is 2.98. The van der Waals surface area contributed by atoms with E-state index in [0.717, 1.165) is 4.47 Å². The minimum Gasteiger partial charge on any atom is -0.300 e. The number of ketones is 2. The molecule has 0 spiro atoms. The van der Waals surface area contributed by atoms with E-state index in [2.05, 4.69) is 15.9 Å². The van der Waals surface area contributed by atoms with Gasteiger partial charge in [-0.2, -0.15) is 0 Å². The molecule has 0 atom stereocenters. The molecule has 64 valence electrons. The van der Waals surface area contributed by atoms with Crippen LogP contribution in [0.5, 0.6) is 0 Å². The van der Waals surface area contributed by atoms with Crippen LogP contribution in [0.4, 0.5) is 0 Å². The Labute approximate surface area is 82.7 Å². The van der Waals surface area contributed by atoms with Gasteiger partial charge in [0.2, 0.25) is 0 Å². The summed E-state index contributed by atoms with van der Waals surface area (Å²) in [6.45, 7) is 1.42. The molecule has 0 aromatic carbocycles. The zero-order valence-electron chi connectivity index (χ0n) is 6.46. The third kappa shape index (κ3) is 2.53. The van der Waals surface area contributed by atoms with Crippen molar-refractivity contribution in [3.05, 3.63) is 20.8 Å². The van der Waals surface area contributed by atoms with Crippen molar-refractivity contribution in [3.63, 3.8) is 0 Å². The normalized spacial score (nSPS) is 9.83. The fourth-order valence-electron chi connectivity index (χ4n) is 0.772. The first-order valence-electron chi connectivity index (χ1n) is 3.36. The van der Waals surface area contributed by atoms with Gasteiger partial charge in [0.1, 0.15) is 5.78 Å². The van der Waals surface area contributed by atoms with Crippen LogP contribution in [0.15, 0.2) is 15.9 Å². The van der Waals surface area contributed by atoms with E-state index in [0.29, 0.717) is 4.88 Å². The maximum atomic E-state index is 11.2. The van der Waals surface area contributed by atoms with Crippen LogP contribution in [-0.4, -0.2) is 11.6 Å². The minimum absolute atomic E-state index is 0.00690. The van der Waals surface area contributed by atoms with Gasteiger partial charge in [-0.25, -0.2) is 0 Å². The zero-order valence-corrected chi connectivity index (χ0v) is 8.87. The summed E-state index contributed by atoms with van der Waals surface area (Å²) in [6, 6.07) is 1.73. The first-order chi connectivity index (χ1) is 5.59. The Kier molecular flexibility index (Phi) is 3.17. The Bertz CT molecular complexity index is 317. The lowest BCUT2D eigenvalue weighted by Crippen LogP contribution is -2.02. The Morgan fingerprint density at radius 3 is 2.67 bits per heavy atom. The maximum Gasteiger partial charge on any atom is 0.180 e. The van der Waals surface area contributed by atoms with E-state index in [1.807, 2.05) is 5.38 Å². The quantitative estimate of drug-likeness (QED) is 0.607. The van der Waals surface area contributed by atoms with Crippen LogP contribution in [0.1, 0.15) is 23.0 Å². The lowest BCUT2D eigenvalue weighted by molar-refractivity contribution is -0.116. The molecule has 1 aromatic heterocycles. The molecule has 0 fully saturated rings. The van der Waals surface area contributed by atoms with Gasteiger partial charge in [0.05, 0.1) is 11.3 Å². The summed E-state index contributed by atoms with van der Waals surface area (Å²) in [6.07, 6.45) is 0.00690. The van der Waals surface area contributed by atoms with Gasteiger partial charge in [-0.3, -0.25) is 9.59 Å². The largest absolute Gasteiger partial charge is 0.300 e. The Morgan fingerprint density at radius 1 is 1.58 bits per heavy atom. The molecule has 0 saturated carbocycles. The molecule has 4 heteroatoms. The molecule has 0 aliphatic heterocycles. The summed E-state index contributed by atoms with van der Waals surface area (Å²) in [5.41, 5.74) is 0. The molecule has 0 aliphatic carbocycles. The van der Waals surface area contributed by atoms with Gasteiger partial charge in [0.15, 0.2) is 5.78 Å². The van der Waals surface area contributed by atoms with E-state index in [9.17, 15) is 9.59 Å². The number of halogens is 1. The van der Waals surface area contributed by atoms with Crippen LogP contribution in [0, 0.1) is 0 Å². The number of hydrogen-bond donors (Lipinski definition) is 0. The SMILES string of the molecule is CC(=O)CC(=O)c1cc(Br)cs1. The molecule has 0 radical (unpaired) electrons. The summed E-state index contributed by atoms with van der Waals surface area (Å²) < 4.78 is 0.888. The maximum absolute atomic E-state index is 11.2. The average molecular weight is 247 g/mol. The van der Waals surface area contributed by atoms with Crippen molar-refractivity contribution in [3.8, 4) is 0 Å². The predicted molar refractivity (Wildman–Crippen MR) is 51.6 cm³/mol. The van der Waals surface area contributed by atoms with Crippen LogP contribution in [-0.2, 0) is 4.79 Å². The molecule has 0 N–H and O–H groups in total. The number of hydrogen-bond acceptors (Lipinski definition) is 3. The molecular formula is C8H7BrO2S. The summed E-state index contributed by atoms with van der Waals surface area (Å²) in [4.78, 5) is 22.5. The molecule has 2 nitrogen and oxygen atoms in total. The van der Waals surface area contributed by atoms with Gasteiger partial charge in [0, 0.05) is 9.85 Å². The molecule has 0 unspecified atom stereocenters. The minimum atomic E-state index is -0.0989. The lowest BCUT2D eigenvalue weighted by atomic mass is 10.2. The highest BCUT2D eigenvalue weighted by Gasteiger charge is 2.10. The van der Waals surface area contributed by atoms with Gasteiger partial charge in [-0.15, -0.1) is 11.3 Å². The number of carbonyl (C=O) groups is 2. The number of Topliss-reactive ketones (excluding diaryl/α,β-unsaturated/α-hetero) is 2. The number of rotatable bonds is 3. The highest BCUT2D eigenvalue weighted by atomic mass is 79.9. The monoisotopic (exact) mass is 246 g/mol. The van der Waals surface area contributed by atoms with Gasteiger partial charge in [0.25, 0.3) is 0 Å². The van der Waals surface area contributed by atoms with Gasteiger partial charge >= 0.3 is 0 Å². The molecule has 1 heterocycles. The topological polar surface area (TPSA) is 34.1 Å². The van der Waals surface area contributed by atoms with Crippen LogP contribution in [0.25, 0.3) is 0 Å². The van der Waals surface area contributed by atoms with Gasteiger partial charge in [-0.1, -0.05) is 0 Å². The standard InChI is InChI=1S/C8H7BrO2S/c1-5(10)2-7(11)8-3-6(9)4-12-8/h3-4H,2H2,1H3. The Hall–Kier alpha value is -0.480. The van der Waals surface area contributed by atoms with E-state index in [4.69, 9.17) is 0 Å². The predicted octanol–water partition coefficient (Wildman–Crippen LogP) is 2.67. The van der Waals surface area contributed by atoms with Crippen LogP contribution < -0.4 is 0 Å². The molecule has 1 aromatic rings. The van der Waals surface area contributed by atoms with E-state index < -0.39 is 0 Å². The Morgan fingerprint density at radius 2 is 2.25 bits per heavy atom. The highest BCUT2D eigenvalue weighted by molar-refractivity contribution is 9.10. The molecule has 12 heavy (non-hydrogen) atoms. The molecule has 1 rings (SSSR count). The van der Waals surface area contributed by atoms with Crippen molar-refractivity contribution < 1.29 is 9.59 Å². The van der Waals surface area contributed by atoms with Crippen LogP contribution in [0.2, 0.25) is 0 Å². The molecule has 0 saturated heterocycles. The molecule has 0 aliphatic rings. The molecular weight excluding hydrogens is 240 g/mol.